The first-order chi connectivity index (χ1) is 32.3. The molecule has 6 heterocycles. The fraction of sp³-hybridized carbons (Fsp3) is 0.0169. The topological polar surface area (TPSA) is 49.8 Å². The van der Waals surface area contributed by atoms with Gasteiger partial charge in [-0.3, -0.25) is 9.97 Å². The summed E-state index contributed by atoms with van der Waals surface area (Å²) in [5.74, 6) is 1.63. The van der Waals surface area contributed by atoms with Gasteiger partial charge < -0.3 is 18.4 Å². The number of nitrogens with zero attached hydrogens (tertiary/aromatic N) is 5. The van der Waals surface area contributed by atoms with Crippen LogP contribution >= 0.6 is 0 Å². The molecule has 0 radical (unpaired) electrons. The van der Waals surface area contributed by atoms with E-state index in [-0.39, 0.29) is 0 Å². The van der Waals surface area contributed by atoms with Gasteiger partial charge in [-0.1, -0.05) is 103 Å². The van der Waals surface area contributed by atoms with Gasteiger partial charge in [0.15, 0.2) is 0 Å². The third kappa shape index (κ3) is 4.47. The summed E-state index contributed by atoms with van der Waals surface area (Å²) >= 11 is 0. The Morgan fingerprint density at radius 2 is 0.662 bits per heavy atom. The Balaban J connectivity index is 0.993. The molecule has 1 aliphatic carbocycles. The molecule has 65 heavy (non-hydrogen) atoms. The van der Waals surface area contributed by atoms with Gasteiger partial charge >= 0.3 is 0 Å². The number of rotatable bonds is 3. The Hall–Kier alpha value is -8.74. The Morgan fingerprint density at radius 3 is 1.09 bits per heavy atom. The molecule has 0 bridgehead atoms. The minimum Gasteiger partial charge on any atom is -0.457 e. The molecule has 1 spiro atoms. The van der Waals surface area contributed by atoms with E-state index < -0.39 is 5.41 Å². The average molecular weight is 830 g/mol. The highest BCUT2D eigenvalue weighted by atomic mass is 16.5. The lowest BCUT2D eigenvalue weighted by atomic mass is 9.66. The molecule has 0 saturated heterocycles. The highest BCUT2D eigenvalue weighted by Gasteiger charge is 2.52. The molecule has 13 aromatic rings. The molecule has 15 rings (SSSR count). The predicted molar refractivity (Wildman–Crippen MR) is 262 cm³/mol. The van der Waals surface area contributed by atoms with E-state index in [1.54, 1.807) is 0 Å². The number of hydrogen-bond donors (Lipinski definition) is 0. The highest BCUT2D eigenvalue weighted by molar-refractivity contribution is 6.13. The first-order valence-electron chi connectivity index (χ1n) is 22.1. The van der Waals surface area contributed by atoms with Gasteiger partial charge in [-0.25, -0.2) is 0 Å². The molecule has 302 valence electrons. The fourth-order valence-electron chi connectivity index (χ4n) is 11.6. The van der Waals surface area contributed by atoms with E-state index in [4.69, 9.17) is 14.7 Å². The van der Waals surface area contributed by atoms with Crippen molar-refractivity contribution >= 4 is 65.4 Å². The van der Waals surface area contributed by atoms with Crippen LogP contribution in [0.5, 0.6) is 11.5 Å². The second-order valence-electron chi connectivity index (χ2n) is 17.3. The summed E-state index contributed by atoms with van der Waals surface area (Å²) in [4.78, 5) is 10.1. The van der Waals surface area contributed by atoms with E-state index in [1.165, 1.54) is 43.4 Å². The fourth-order valence-corrected chi connectivity index (χ4v) is 11.6. The number of hydrogen-bond acceptors (Lipinski definition) is 3. The van der Waals surface area contributed by atoms with E-state index in [1.807, 2.05) is 12.4 Å². The Labute approximate surface area is 372 Å². The first-order valence-corrected chi connectivity index (χ1v) is 22.1. The van der Waals surface area contributed by atoms with Gasteiger partial charge in [-0.05, 0) is 108 Å². The molecule has 2 aliphatic rings. The standard InChI is InChI=1S/C59H35N5O/c1-6-20-49-39(13-1)40-14-2-7-21-50(40)62(49)36-25-28-54-44(33-36)43-17-5-10-24-53(43)64(54)38-27-30-56-48(35-38)59(45-18-11-31-60-57(45)58-46(59)19-12-32-61-58)47-34-37(26-29-55(47)65-56)63-51-22-8-3-15-41(51)42-16-4-9-23-52(42)63/h1-35H. The van der Waals surface area contributed by atoms with Gasteiger partial charge in [-0.15, -0.1) is 0 Å². The van der Waals surface area contributed by atoms with E-state index in [9.17, 15) is 0 Å². The molecule has 0 unspecified atom stereocenters. The number of benzene rings is 8. The normalized spacial score (nSPS) is 13.5. The van der Waals surface area contributed by atoms with Crippen molar-refractivity contribution < 1.29 is 4.74 Å². The smallest absolute Gasteiger partial charge is 0.132 e. The third-order valence-electron chi connectivity index (χ3n) is 14.2. The lowest BCUT2D eigenvalue weighted by molar-refractivity contribution is 0.436. The van der Waals surface area contributed by atoms with Crippen LogP contribution in [0.15, 0.2) is 213 Å². The predicted octanol–water partition coefficient (Wildman–Crippen LogP) is 14.2. The molecule has 6 nitrogen and oxygen atoms in total. The maximum absolute atomic E-state index is 7.05. The Morgan fingerprint density at radius 1 is 0.308 bits per heavy atom. The van der Waals surface area contributed by atoms with Crippen molar-refractivity contribution in [3.63, 3.8) is 0 Å². The van der Waals surface area contributed by atoms with Crippen molar-refractivity contribution in [2.45, 2.75) is 5.41 Å². The van der Waals surface area contributed by atoms with Crippen molar-refractivity contribution in [2.24, 2.45) is 0 Å². The number of pyridine rings is 2. The van der Waals surface area contributed by atoms with Gasteiger partial charge in [0.25, 0.3) is 0 Å². The van der Waals surface area contributed by atoms with E-state index in [2.05, 4.69) is 214 Å². The maximum atomic E-state index is 7.05. The molecule has 0 fully saturated rings. The molecule has 6 heteroatoms. The second-order valence-corrected chi connectivity index (χ2v) is 17.3. The highest BCUT2D eigenvalue weighted by Crippen LogP contribution is 2.62. The maximum Gasteiger partial charge on any atom is 0.132 e. The number of para-hydroxylation sites is 5. The zero-order valence-electron chi connectivity index (χ0n) is 34.9. The van der Waals surface area contributed by atoms with Crippen LogP contribution in [0.25, 0.3) is 93.9 Å². The van der Waals surface area contributed by atoms with Crippen LogP contribution in [0, 0.1) is 0 Å². The summed E-state index contributed by atoms with van der Waals surface area (Å²) in [7, 11) is 0. The lowest BCUT2D eigenvalue weighted by Gasteiger charge is -2.39. The summed E-state index contributed by atoms with van der Waals surface area (Å²) in [5, 5.41) is 7.33. The van der Waals surface area contributed by atoms with E-state index in [0.29, 0.717) is 0 Å². The van der Waals surface area contributed by atoms with Crippen molar-refractivity contribution in [3.05, 3.63) is 235 Å². The summed E-state index contributed by atoms with van der Waals surface area (Å²) in [6.45, 7) is 0. The molecule has 1 aliphatic heterocycles. The number of aromatic nitrogens is 5. The van der Waals surface area contributed by atoms with Crippen LogP contribution in [0.2, 0.25) is 0 Å². The van der Waals surface area contributed by atoms with Crippen LogP contribution in [0.3, 0.4) is 0 Å². The molecular weight excluding hydrogens is 795 g/mol. The zero-order chi connectivity index (χ0) is 42.4. The molecule has 0 saturated carbocycles. The van der Waals surface area contributed by atoms with Crippen molar-refractivity contribution in [1.29, 1.82) is 0 Å². The van der Waals surface area contributed by atoms with Crippen molar-refractivity contribution in [3.8, 4) is 39.9 Å². The van der Waals surface area contributed by atoms with Crippen LogP contribution < -0.4 is 4.74 Å². The summed E-state index contributed by atoms with van der Waals surface area (Å²) in [6, 6.07) is 72.5. The minimum atomic E-state index is -0.788. The van der Waals surface area contributed by atoms with E-state index >= 15 is 0 Å². The molecular formula is C59H35N5O. The average Bonchev–Trinajstić information content (AvgIpc) is 4.08. The van der Waals surface area contributed by atoms with Gasteiger partial charge in [0, 0.05) is 72.9 Å². The number of ether oxygens (including phenoxy) is 1. The van der Waals surface area contributed by atoms with Crippen LogP contribution in [0.1, 0.15) is 22.3 Å². The van der Waals surface area contributed by atoms with Crippen LogP contribution in [0.4, 0.5) is 0 Å². The van der Waals surface area contributed by atoms with Gasteiger partial charge in [0.1, 0.15) is 11.5 Å². The molecule has 8 aromatic carbocycles. The molecule has 5 aromatic heterocycles. The largest absolute Gasteiger partial charge is 0.457 e. The van der Waals surface area contributed by atoms with Crippen molar-refractivity contribution in [2.75, 3.05) is 0 Å². The van der Waals surface area contributed by atoms with Crippen LogP contribution in [-0.2, 0) is 5.41 Å². The van der Waals surface area contributed by atoms with Gasteiger partial charge in [0.05, 0.1) is 49.9 Å². The molecule has 0 N–H and O–H groups in total. The number of fused-ring (bicyclic) bond motifs is 18. The molecule has 0 amide bonds. The SMILES string of the molecule is c1cnc2c(c1)C1(c3cc(-n4c5ccccc5c5ccccc54)ccc3Oc3ccc(-n4c5ccccc5c5cc(-n6c7ccccc7c7ccccc76)ccc54)cc31)c1cccnc1-2. The van der Waals surface area contributed by atoms with Gasteiger partial charge in [0.2, 0.25) is 0 Å². The lowest BCUT2D eigenvalue weighted by Crippen LogP contribution is -2.32. The van der Waals surface area contributed by atoms with E-state index in [0.717, 1.165) is 84.3 Å². The Bertz CT molecular complexity index is 4040. The zero-order valence-corrected chi connectivity index (χ0v) is 34.9. The summed E-state index contributed by atoms with van der Waals surface area (Å²) in [5.41, 5.74) is 15.5. The Kier molecular flexibility index (Phi) is 6.79. The minimum absolute atomic E-state index is 0.788. The quantitative estimate of drug-likeness (QED) is 0.178. The molecule has 0 atom stereocenters. The second kappa shape index (κ2) is 12.7. The first kappa shape index (κ1) is 34.8. The van der Waals surface area contributed by atoms with Crippen LogP contribution in [-0.4, -0.2) is 23.7 Å². The summed E-state index contributed by atoms with van der Waals surface area (Å²) < 4.78 is 14.3. The monoisotopic (exact) mass is 829 g/mol. The third-order valence-corrected chi connectivity index (χ3v) is 14.2. The van der Waals surface area contributed by atoms with Crippen molar-refractivity contribution in [1.82, 2.24) is 23.7 Å². The van der Waals surface area contributed by atoms with Gasteiger partial charge in [-0.2, -0.15) is 0 Å². The summed E-state index contributed by atoms with van der Waals surface area (Å²) in [6.07, 6.45) is 3.77.